The predicted octanol–water partition coefficient (Wildman–Crippen LogP) is 5.63. The van der Waals surface area contributed by atoms with Gasteiger partial charge in [0.05, 0.1) is 10.0 Å². The molecule has 0 spiro atoms. The van der Waals surface area contributed by atoms with Crippen LogP contribution in [0.5, 0.6) is 0 Å². The lowest BCUT2D eigenvalue weighted by atomic mass is 10.0. The van der Waals surface area contributed by atoms with E-state index in [2.05, 4.69) is 0 Å². The minimum atomic E-state index is 0.0980. The van der Waals surface area contributed by atoms with Crippen molar-refractivity contribution in [2.45, 2.75) is 6.42 Å². The van der Waals surface area contributed by atoms with Gasteiger partial charge in [-0.1, -0.05) is 47.5 Å². The highest BCUT2D eigenvalue weighted by Crippen LogP contribution is 2.28. The van der Waals surface area contributed by atoms with Gasteiger partial charge < -0.3 is 0 Å². The molecule has 1 nitrogen and oxygen atoms in total. The molecule has 0 radical (unpaired) electrons. The Bertz CT molecular complexity index is 792. The number of ketones is 1. The third-order valence-electron chi connectivity index (χ3n) is 3.13. The number of hydrogen-bond donors (Lipinski definition) is 0. The van der Waals surface area contributed by atoms with Crippen molar-refractivity contribution in [3.8, 4) is 0 Å². The second-order valence-corrected chi connectivity index (χ2v) is 6.22. The van der Waals surface area contributed by atoms with Gasteiger partial charge in [0.15, 0.2) is 5.78 Å². The third kappa shape index (κ3) is 2.59. The molecular formula is C16H10Cl2OS. The molecule has 0 aliphatic rings. The lowest BCUT2D eigenvalue weighted by molar-refractivity contribution is 0.0995. The Balaban J connectivity index is 1.91. The van der Waals surface area contributed by atoms with Crippen LogP contribution in [0.3, 0.4) is 0 Å². The van der Waals surface area contributed by atoms with Crippen LogP contribution in [0.2, 0.25) is 10.0 Å². The van der Waals surface area contributed by atoms with E-state index in [4.69, 9.17) is 23.2 Å². The van der Waals surface area contributed by atoms with Crippen LogP contribution in [0.15, 0.2) is 47.8 Å². The van der Waals surface area contributed by atoms with Gasteiger partial charge in [-0.3, -0.25) is 4.79 Å². The van der Waals surface area contributed by atoms with E-state index in [0.717, 1.165) is 21.2 Å². The van der Waals surface area contributed by atoms with Gasteiger partial charge in [-0.15, -0.1) is 11.3 Å². The first-order valence-corrected chi connectivity index (χ1v) is 7.72. The molecule has 0 atom stereocenters. The van der Waals surface area contributed by atoms with Crippen molar-refractivity contribution >= 4 is 50.4 Å². The van der Waals surface area contributed by atoms with Gasteiger partial charge in [-0.25, -0.2) is 0 Å². The summed E-state index contributed by atoms with van der Waals surface area (Å²) in [5, 5.41) is 3.92. The Hall–Kier alpha value is -1.35. The molecule has 1 heterocycles. The molecule has 0 saturated heterocycles. The molecule has 3 aromatic rings. The summed E-state index contributed by atoms with van der Waals surface area (Å²) in [7, 11) is 0. The summed E-state index contributed by atoms with van der Waals surface area (Å²) in [6, 6.07) is 13.2. The van der Waals surface area contributed by atoms with E-state index in [-0.39, 0.29) is 5.78 Å². The molecule has 0 aliphatic carbocycles. The summed E-state index contributed by atoms with van der Waals surface area (Å²) in [5.74, 6) is 0.0980. The van der Waals surface area contributed by atoms with E-state index in [1.807, 2.05) is 35.7 Å². The Morgan fingerprint density at radius 3 is 2.65 bits per heavy atom. The van der Waals surface area contributed by atoms with Crippen molar-refractivity contribution in [2.24, 2.45) is 0 Å². The number of Topliss-reactive ketones (excluding diaryl/α,β-unsaturated/α-hetero) is 1. The van der Waals surface area contributed by atoms with Crippen molar-refractivity contribution in [1.29, 1.82) is 0 Å². The van der Waals surface area contributed by atoms with Gasteiger partial charge in [0, 0.05) is 27.5 Å². The van der Waals surface area contributed by atoms with Crippen LogP contribution in [0.4, 0.5) is 0 Å². The van der Waals surface area contributed by atoms with Crippen LogP contribution in [-0.4, -0.2) is 5.78 Å². The Morgan fingerprint density at radius 2 is 1.85 bits per heavy atom. The fourth-order valence-electron chi connectivity index (χ4n) is 2.12. The molecular weight excluding hydrogens is 311 g/mol. The first-order chi connectivity index (χ1) is 9.65. The smallest absolute Gasteiger partial charge is 0.168 e. The highest BCUT2D eigenvalue weighted by atomic mass is 35.5. The molecule has 0 fully saturated rings. The molecule has 3 rings (SSSR count). The average molecular weight is 321 g/mol. The summed E-state index contributed by atoms with van der Waals surface area (Å²) < 4.78 is 1.13. The maximum absolute atomic E-state index is 12.4. The number of hydrogen-bond acceptors (Lipinski definition) is 2. The van der Waals surface area contributed by atoms with Crippen molar-refractivity contribution < 1.29 is 4.79 Å². The van der Waals surface area contributed by atoms with E-state index in [0.29, 0.717) is 16.5 Å². The van der Waals surface area contributed by atoms with Crippen LogP contribution in [0, 0.1) is 0 Å². The topological polar surface area (TPSA) is 17.1 Å². The van der Waals surface area contributed by atoms with Crippen molar-refractivity contribution in [1.82, 2.24) is 0 Å². The Kier molecular flexibility index (Phi) is 3.79. The van der Waals surface area contributed by atoms with Crippen LogP contribution in [0.1, 0.15) is 15.9 Å². The first-order valence-electron chi connectivity index (χ1n) is 6.08. The largest absolute Gasteiger partial charge is 0.294 e. The Morgan fingerprint density at radius 1 is 1.05 bits per heavy atom. The minimum Gasteiger partial charge on any atom is -0.294 e. The number of rotatable bonds is 3. The predicted molar refractivity (Wildman–Crippen MR) is 86.3 cm³/mol. The summed E-state index contributed by atoms with van der Waals surface area (Å²) in [5.41, 5.74) is 1.65. The van der Waals surface area contributed by atoms with Gasteiger partial charge in [0.2, 0.25) is 0 Å². The molecule has 4 heteroatoms. The molecule has 0 aliphatic heterocycles. The number of halogens is 2. The van der Waals surface area contributed by atoms with Gasteiger partial charge in [0.25, 0.3) is 0 Å². The SMILES string of the molecule is O=C(Cc1ccc(Cl)c(Cl)c1)c1csc2ccccc12. The van der Waals surface area contributed by atoms with Gasteiger partial charge in [-0.05, 0) is 23.8 Å². The van der Waals surface area contributed by atoms with E-state index >= 15 is 0 Å². The molecule has 100 valence electrons. The van der Waals surface area contributed by atoms with E-state index in [1.54, 1.807) is 23.5 Å². The van der Waals surface area contributed by atoms with Crippen molar-refractivity contribution in [3.05, 3.63) is 69.0 Å². The zero-order valence-corrected chi connectivity index (χ0v) is 12.7. The van der Waals surface area contributed by atoms with Crippen molar-refractivity contribution in [3.63, 3.8) is 0 Å². The molecule has 0 bridgehead atoms. The average Bonchev–Trinajstić information content (AvgIpc) is 2.87. The second-order valence-electron chi connectivity index (χ2n) is 4.49. The summed E-state index contributed by atoms with van der Waals surface area (Å²) in [6.45, 7) is 0. The van der Waals surface area contributed by atoms with E-state index < -0.39 is 0 Å². The Labute approximate surface area is 130 Å². The number of benzene rings is 2. The summed E-state index contributed by atoms with van der Waals surface area (Å²) in [6.07, 6.45) is 0.331. The van der Waals surface area contributed by atoms with Gasteiger partial charge in [-0.2, -0.15) is 0 Å². The molecule has 0 unspecified atom stereocenters. The third-order valence-corrected chi connectivity index (χ3v) is 4.83. The minimum absolute atomic E-state index is 0.0980. The van der Waals surface area contributed by atoms with E-state index in [9.17, 15) is 4.79 Å². The zero-order valence-electron chi connectivity index (χ0n) is 10.4. The van der Waals surface area contributed by atoms with Gasteiger partial charge in [0.1, 0.15) is 0 Å². The monoisotopic (exact) mass is 320 g/mol. The lowest BCUT2D eigenvalue weighted by Crippen LogP contribution is -2.02. The van der Waals surface area contributed by atoms with E-state index in [1.165, 1.54) is 0 Å². The second kappa shape index (κ2) is 5.57. The molecule has 1 aromatic heterocycles. The maximum atomic E-state index is 12.4. The number of fused-ring (bicyclic) bond motifs is 1. The number of carbonyl (C=O) groups is 1. The highest BCUT2D eigenvalue weighted by Gasteiger charge is 2.13. The fourth-order valence-corrected chi connectivity index (χ4v) is 3.41. The van der Waals surface area contributed by atoms with Crippen LogP contribution >= 0.6 is 34.5 Å². The molecule has 20 heavy (non-hydrogen) atoms. The number of carbonyl (C=O) groups excluding carboxylic acids is 1. The molecule has 0 saturated carbocycles. The normalized spacial score (nSPS) is 10.9. The van der Waals surface area contributed by atoms with Crippen molar-refractivity contribution in [2.75, 3.05) is 0 Å². The maximum Gasteiger partial charge on any atom is 0.168 e. The number of thiophene rings is 1. The molecule has 0 N–H and O–H groups in total. The first kappa shape index (κ1) is 13.6. The fraction of sp³-hybridized carbons (Fsp3) is 0.0625. The summed E-state index contributed by atoms with van der Waals surface area (Å²) >= 11 is 13.4. The van der Waals surface area contributed by atoms with Crippen LogP contribution in [-0.2, 0) is 6.42 Å². The van der Waals surface area contributed by atoms with Crippen LogP contribution < -0.4 is 0 Å². The lowest BCUT2D eigenvalue weighted by Gasteiger charge is -2.03. The molecule has 2 aromatic carbocycles. The van der Waals surface area contributed by atoms with Gasteiger partial charge >= 0.3 is 0 Å². The standard InChI is InChI=1S/C16H10Cl2OS/c17-13-6-5-10(7-14(13)18)8-15(19)12-9-20-16-4-2-1-3-11(12)16/h1-7,9H,8H2. The highest BCUT2D eigenvalue weighted by molar-refractivity contribution is 7.17. The summed E-state index contributed by atoms with van der Waals surface area (Å²) in [4.78, 5) is 12.4. The molecule has 0 amide bonds. The zero-order chi connectivity index (χ0) is 14.1. The van der Waals surface area contributed by atoms with Crippen LogP contribution in [0.25, 0.3) is 10.1 Å². The quantitative estimate of drug-likeness (QED) is 0.571.